The summed E-state index contributed by atoms with van der Waals surface area (Å²) in [5.41, 5.74) is 5.98. The number of hydrogen-bond donors (Lipinski definition) is 1. The summed E-state index contributed by atoms with van der Waals surface area (Å²) >= 11 is 0. The van der Waals surface area contributed by atoms with Crippen LogP contribution >= 0.6 is 0 Å². The molecule has 0 fully saturated rings. The summed E-state index contributed by atoms with van der Waals surface area (Å²) in [5.74, 6) is 0.165. The first-order valence-corrected chi connectivity index (χ1v) is 4.27. The molecule has 3 nitrogen and oxygen atoms in total. The highest BCUT2D eigenvalue weighted by Gasteiger charge is 2.17. The average molecular weight is 199 g/mol. The van der Waals surface area contributed by atoms with Gasteiger partial charge in [-0.1, -0.05) is 0 Å². The van der Waals surface area contributed by atoms with Gasteiger partial charge in [-0.25, -0.2) is 4.39 Å². The third-order valence-corrected chi connectivity index (χ3v) is 2.00. The molecule has 0 aromatic heterocycles. The minimum absolute atomic E-state index is 0.179. The average Bonchev–Trinajstić information content (AvgIpc) is 2.16. The summed E-state index contributed by atoms with van der Waals surface area (Å²) in [5, 5.41) is 0. The van der Waals surface area contributed by atoms with Crippen molar-refractivity contribution >= 4 is 0 Å². The number of ether oxygens (including phenoxy) is 2. The molecule has 78 valence electrons. The van der Waals surface area contributed by atoms with Crippen LogP contribution < -0.4 is 15.2 Å². The molecular weight excluding hydrogens is 185 g/mol. The molecule has 0 amide bonds. The topological polar surface area (TPSA) is 44.5 Å². The summed E-state index contributed by atoms with van der Waals surface area (Å²) in [7, 11) is 2.89. The van der Waals surface area contributed by atoms with E-state index in [2.05, 4.69) is 0 Å². The smallest absolute Gasteiger partial charge is 0.173 e. The van der Waals surface area contributed by atoms with Crippen molar-refractivity contribution in [2.24, 2.45) is 5.73 Å². The van der Waals surface area contributed by atoms with E-state index in [1.807, 2.05) is 0 Å². The van der Waals surface area contributed by atoms with Gasteiger partial charge in [0.05, 0.1) is 19.8 Å². The van der Waals surface area contributed by atoms with E-state index in [9.17, 15) is 4.39 Å². The van der Waals surface area contributed by atoms with Gasteiger partial charge >= 0.3 is 0 Å². The molecular formula is C10H14FNO2. The molecule has 1 aromatic carbocycles. The summed E-state index contributed by atoms with van der Waals surface area (Å²) in [6.45, 7) is 1.69. The van der Waals surface area contributed by atoms with Crippen molar-refractivity contribution in [1.29, 1.82) is 0 Å². The van der Waals surface area contributed by atoms with Crippen LogP contribution in [0.3, 0.4) is 0 Å². The zero-order valence-electron chi connectivity index (χ0n) is 8.50. The molecule has 4 heteroatoms. The molecule has 0 spiro atoms. The first-order valence-electron chi connectivity index (χ1n) is 4.27. The number of halogens is 1. The van der Waals surface area contributed by atoms with Crippen LogP contribution in [0.5, 0.6) is 11.5 Å². The second kappa shape index (κ2) is 4.28. The lowest BCUT2D eigenvalue weighted by Gasteiger charge is -2.14. The maximum absolute atomic E-state index is 13.7. The molecule has 2 N–H and O–H groups in total. The highest BCUT2D eigenvalue weighted by molar-refractivity contribution is 5.43. The Balaban J connectivity index is 3.31. The quantitative estimate of drug-likeness (QED) is 0.808. The third kappa shape index (κ3) is 1.80. The van der Waals surface area contributed by atoms with Gasteiger partial charge < -0.3 is 15.2 Å². The Labute approximate surface area is 82.6 Å². The molecule has 0 saturated carbocycles. The summed E-state index contributed by atoms with van der Waals surface area (Å²) in [6.07, 6.45) is 0. The Morgan fingerprint density at radius 2 is 1.71 bits per heavy atom. The molecule has 1 aromatic rings. The fourth-order valence-electron chi connectivity index (χ4n) is 1.32. The fraction of sp³-hybridized carbons (Fsp3) is 0.400. The van der Waals surface area contributed by atoms with Crippen molar-refractivity contribution in [3.63, 3.8) is 0 Å². The molecule has 1 atom stereocenters. The largest absolute Gasteiger partial charge is 0.496 e. The monoisotopic (exact) mass is 199 g/mol. The molecule has 1 rings (SSSR count). The number of nitrogens with two attached hydrogens (primary N) is 1. The van der Waals surface area contributed by atoms with Crippen molar-refractivity contribution in [3.05, 3.63) is 23.5 Å². The van der Waals surface area contributed by atoms with Crippen LogP contribution in [-0.4, -0.2) is 14.2 Å². The van der Waals surface area contributed by atoms with Gasteiger partial charge in [0.25, 0.3) is 0 Å². The maximum Gasteiger partial charge on any atom is 0.173 e. The Morgan fingerprint density at radius 3 is 2.14 bits per heavy atom. The van der Waals surface area contributed by atoms with Gasteiger partial charge in [-0.15, -0.1) is 0 Å². The third-order valence-electron chi connectivity index (χ3n) is 2.00. The normalized spacial score (nSPS) is 12.4. The van der Waals surface area contributed by atoms with Crippen molar-refractivity contribution in [1.82, 2.24) is 0 Å². The summed E-state index contributed by atoms with van der Waals surface area (Å²) < 4.78 is 23.5. The van der Waals surface area contributed by atoms with E-state index in [-0.39, 0.29) is 5.75 Å². The van der Waals surface area contributed by atoms with Crippen molar-refractivity contribution in [3.8, 4) is 11.5 Å². The lowest BCUT2D eigenvalue weighted by molar-refractivity contribution is 0.368. The van der Waals surface area contributed by atoms with E-state index < -0.39 is 11.9 Å². The SMILES string of the molecule is COc1ccc(OC)c(C(C)N)c1F. The molecule has 0 heterocycles. The molecule has 0 aliphatic carbocycles. The van der Waals surface area contributed by atoms with Crippen LogP contribution in [0.25, 0.3) is 0 Å². The van der Waals surface area contributed by atoms with Crippen molar-refractivity contribution < 1.29 is 13.9 Å². The predicted octanol–water partition coefficient (Wildman–Crippen LogP) is 1.86. The number of benzene rings is 1. The maximum atomic E-state index is 13.7. The van der Waals surface area contributed by atoms with Gasteiger partial charge in [-0.3, -0.25) is 0 Å². The number of hydrogen-bond acceptors (Lipinski definition) is 3. The zero-order valence-corrected chi connectivity index (χ0v) is 8.50. The minimum atomic E-state index is -0.457. The Bertz CT molecular complexity index is 326. The lowest BCUT2D eigenvalue weighted by atomic mass is 10.1. The molecule has 14 heavy (non-hydrogen) atoms. The van der Waals surface area contributed by atoms with Gasteiger partial charge in [0.2, 0.25) is 0 Å². The Morgan fingerprint density at radius 1 is 1.21 bits per heavy atom. The van der Waals surface area contributed by atoms with Crippen LogP contribution in [0.15, 0.2) is 12.1 Å². The van der Waals surface area contributed by atoms with Gasteiger partial charge in [-0.2, -0.15) is 0 Å². The molecule has 0 aliphatic rings. The van der Waals surface area contributed by atoms with Gasteiger partial charge in [0.15, 0.2) is 11.6 Å². The lowest BCUT2D eigenvalue weighted by Crippen LogP contribution is -2.10. The van der Waals surface area contributed by atoms with E-state index in [4.69, 9.17) is 15.2 Å². The minimum Gasteiger partial charge on any atom is -0.496 e. The first-order chi connectivity index (χ1) is 6.61. The zero-order chi connectivity index (χ0) is 10.7. The van der Waals surface area contributed by atoms with Crippen LogP contribution in [0.2, 0.25) is 0 Å². The second-order valence-corrected chi connectivity index (χ2v) is 2.99. The van der Waals surface area contributed by atoms with E-state index in [1.165, 1.54) is 20.3 Å². The number of methoxy groups -OCH3 is 2. The summed E-state index contributed by atoms with van der Waals surface area (Å²) in [4.78, 5) is 0. The fourth-order valence-corrected chi connectivity index (χ4v) is 1.32. The molecule has 0 bridgehead atoms. The highest BCUT2D eigenvalue weighted by Crippen LogP contribution is 2.32. The molecule has 0 radical (unpaired) electrons. The van der Waals surface area contributed by atoms with Gasteiger partial charge in [-0.05, 0) is 19.1 Å². The Kier molecular flexibility index (Phi) is 3.30. The van der Waals surface area contributed by atoms with Gasteiger partial charge in [0, 0.05) is 6.04 Å². The first kappa shape index (κ1) is 10.8. The summed E-state index contributed by atoms with van der Waals surface area (Å²) in [6, 6.07) is 2.72. The Hall–Kier alpha value is -1.29. The number of rotatable bonds is 3. The van der Waals surface area contributed by atoms with Crippen LogP contribution in [0.1, 0.15) is 18.5 Å². The van der Waals surface area contributed by atoms with Crippen molar-refractivity contribution in [2.45, 2.75) is 13.0 Å². The highest BCUT2D eigenvalue weighted by atomic mass is 19.1. The molecule has 0 aliphatic heterocycles. The molecule has 0 saturated heterocycles. The van der Waals surface area contributed by atoms with Crippen LogP contribution in [0, 0.1) is 5.82 Å². The molecule has 1 unspecified atom stereocenters. The van der Waals surface area contributed by atoms with Crippen LogP contribution in [0.4, 0.5) is 4.39 Å². The van der Waals surface area contributed by atoms with Crippen molar-refractivity contribution in [2.75, 3.05) is 14.2 Å². The van der Waals surface area contributed by atoms with E-state index in [0.717, 1.165) is 0 Å². The van der Waals surface area contributed by atoms with Gasteiger partial charge in [0.1, 0.15) is 5.75 Å². The predicted molar refractivity (Wildman–Crippen MR) is 52.1 cm³/mol. The van der Waals surface area contributed by atoms with Crippen LogP contribution in [-0.2, 0) is 0 Å². The van der Waals surface area contributed by atoms with E-state index in [0.29, 0.717) is 11.3 Å². The second-order valence-electron chi connectivity index (χ2n) is 2.99. The standard InChI is InChI=1S/C10H14FNO2/c1-6(12)9-7(13-2)4-5-8(14-3)10(9)11/h4-6H,12H2,1-3H3. The van der Waals surface area contributed by atoms with E-state index >= 15 is 0 Å². The van der Waals surface area contributed by atoms with E-state index in [1.54, 1.807) is 13.0 Å².